The second-order valence-electron chi connectivity index (χ2n) is 8.49. The first-order valence-electron chi connectivity index (χ1n) is 9.35. The number of hydrogen-bond donors (Lipinski definition) is 0. The molecule has 28 heavy (non-hydrogen) atoms. The van der Waals surface area contributed by atoms with Gasteiger partial charge in [0.15, 0.2) is 5.75 Å². The molecule has 1 aliphatic carbocycles. The van der Waals surface area contributed by atoms with E-state index in [2.05, 4.69) is 25.8 Å². The average molecular weight is 388 g/mol. The van der Waals surface area contributed by atoms with E-state index in [9.17, 15) is 13.2 Å². The normalized spacial score (nSPS) is 18.9. The van der Waals surface area contributed by atoms with Crippen LogP contribution in [0.1, 0.15) is 50.0 Å². The second kappa shape index (κ2) is 6.00. The van der Waals surface area contributed by atoms with Gasteiger partial charge in [-0.25, -0.2) is 4.98 Å². The molecule has 0 bridgehead atoms. The van der Waals surface area contributed by atoms with E-state index >= 15 is 0 Å². The van der Waals surface area contributed by atoms with Crippen molar-refractivity contribution in [3.63, 3.8) is 0 Å². The Bertz CT molecular complexity index is 1020. The van der Waals surface area contributed by atoms with E-state index in [1.165, 1.54) is 0 Å². The van der Waals surface area contributed by atoms with Gasteiger partial charge in [-0.15, -0.1) is 0 Å². The summed E-state index contributed by atoms with van der Waals surface area (Å²) in [5.41, 5.74) is 3.78. The zero-order chi connectivity index (χ0) is 20.4. The predicted octanol–water partition coefficient (Wildman–Crippen LogP) is 6.03. The number of nitrogens with zero attached hydrogens (tertiary/aromatic N) is 2. The molecule has 2 aliphatic rings. The third kappa shape index (κ3) is 2.86. The summed E-state index contributed by atoms with van der Waals surface area (Å²) in [4.78, 5) is 4.61. The van der Waals surface area contributed by atoms with Crippen molar-refractivity contribution in [2.75, 3.05) is 0 Å². The molecule has 0 fully saturated rings. The van der Waals surface area contributed by atoms with Gasteiger partial charge in [-0.1, -0.05) is 39.0 Å². The van der Waals surface area contributed by atoms with Crippen molar-refractivity contribution < 1.29 is 17.9 Å². The molecule has 1 aromatic heterocycles. The first-order chi connectivity index (χ1) is 13.0. The van der Waals surface area contributed by atoms with Gasteiger partial charge < -0.3 is 4.74 Å². The maximum Gasteiger partial charge on any atom is 0.399 e. The van der Waals surface area contributed by atoms with Crippen LogP contribution in [0.15, 0.2) is 36.1 Å². The lowest BCUT2D eigenvalue weighted by atomic mass is 9.86. The molecule has 2 heterocycles. The molecule has 0 amide bonds. The fraction of sp³-hybridized carbons (Fsp3) is 0.409. The Labute approximate surface area is 162 Å². The van der Waals surface area contributed by atoms with Crippen LogP contribution in [0.5, 0.6) is 5.75 Å². The Morgan fingerprint density at radius 3 is 2.50 bits per heavy atom. The molecule has 0 saturated heterocycles. The van der Waals surface area contributed by atoms with Gasteiger partial charge in [0, 0.05) is 5.69 Å². The van der Waals surface area contributed by atoms with Crippen molar-refractivity contribution in [3.8, 4) is 11.4 Å². The van der Waals surface area contributed by atoms with Crippen LogP contribution in [-0.2, 0) is 5.41 Å². The minimum atomic E-state index is -4.39. The highest BCUT2D eigenvalue weighted by Crippen LogP contribution is 2.46. The van der Waals surface area contributed by atoms with Crippen molar-refractivity contribution in [1.82, 2.24) is 9.55 Å². The van der Waals surface area contributed by atoms with Gasteiger partial charge in [0.05, 0.1) is 17.0 Å². The summed E-state index contributed by atoms with van der Waals surface area (Å²) in [5, 5.41) is 0. The summed E-state index contributed by atoms with van der Waals surface area (Å²) in [6.45, 7) is 10.1. The van der Waals surface area contributed by atoms with Gasteiger partial charge in [-0.2, -0.15) is 13.2 Å². The van der Waals surface area contributed by atoms with Gasteiger partial charge in [-0.3, -0.25) is 4.57 Å². The van der Waals surface area contributed by atoms with Gasteiger partial charge in [0.25, 0.3) is 0 Å². The number of allylic oxidation sites excluding steroid dienone is 4. The maximum atomic E-state index is 13.7. The zero-order valence-electron chi connectivity index (χ0n) is 16.6. The number of aromatic nitrogens is 2. The summed E-state index contributed by atoms with van der Waals surface area (Å²) in [6, 6.07) is 5.69. The van der Waals surface area contributed by atoms with E-state index in [1.54, 1.807) is 18.2 Å². The lowest BCUT2D eigenvalue weighted by Gasteiger charge is -2.26. The molecule has 0 spiro atoms. The lowest BCUT2D eigenvalue weighted by molar-refractivity contribution is -0.169. The number of fused-ring (bicyclic) bond motifs is 4. The molecule has 1 atom stereocenters. The topological polar surface area (TPSA) is 27.1 Å². The highest BCUT2D eigenvalue weighted by Gasteiger charge is 2.46. The number of hydrogen-bond acceptors (Lipinski definition) is 2. The molecule has 0 radical (unpaired) electrons. The molecule has 1 unspecified atom stereocenters. The highest BCUT2D eigenvalue weighted by molar-refractivity contribution is 5.77. The summed E-state index contributed by atoms with van der Waals surface area (Å²) in [7, 11) is 0. The third-order valence-corrected chi connectivity index (χ3v) is 5.50. The van der Waals surface area contributed by atoms with Crippen LogP contribution in [-0.4, -0.2) is 15.7 Å². The summed E-state index contributed by atoms with van der Waals surface area (Å²) >= 11 is 0. The van der Waals surface area contributed by atoms with E-state index in [0.29, 0.717) is 17.1 Å². The number of alkyl halides is 3. The number of rotatable bonds is 0. The lowest BCUT2D eigenvalue weighted by Crippen LogP contribution is -2.28. The number of aryl methyl sites for hydroxylation is 1. The molecule has 1 aromatic carbocycles. The summed E-state index contributed by atoms with van der Waals surface area (Å²) in [6.07, 6.45) is -1.26. The van der Waals surface area contributed by atoms with Crippen LogP contribution in [0.3, 0.4) is 0 Å². The molecule has 6 heteroatoms. The van der Waals surface area contributed by atoms with Gasteiger partial charge in [-0.05, 0) is 43.4 Å². The minimum absolute atomic E-state index is 0.0662. The predicted molar refractivity (Wildman–Crippen MR) is 103 cm³/mol. The Hall–Kier alpha value is -2.50. The van der Waals surface area contributed by atoms with E-state index < -0.39 is 12.1 Å². The molecule has 4 rings (SSSR count). The standard InChI is InChI=1S/C22H23F3N2O/c1-12-13(2)27-17-11-14(21(3,4)5)9-10-18(17)28-19-15(20(27)26-12)7-6-8-16(19)22(23,24)25/h6-7,9-11,16H,8H2,1-5H3. The monoisotopic (exact) mass is 388 g/mol. The molecule has 0 N–H and O–H groups in total. The van der Waals surface area contributed by atoms with Crippen LogP contribution in [0, 0.1) is 19.8 Å². The molecule has 3 nitrogen and oxygen atoms in total. The molecule has 1 aliphatic heterocycles. The second-order valence-corrected chi connectivity index (χ2v) is 8.49. The molecule has 0 saturated carbocycles. The number of imidazole rings is 1. The molecular weight excluding hydrogens is 365 g/mol. The van der Waals surface area contributed by atoms with E-state index in [-0.39, 0.29) is 17.6 Å². The smallest absolute Gasteiger partial charge is 0.399 e. The third-order valence-electron chi connectivity index (χ3n) is 5.50. The van der Waals surface area contributed by atoms with Crippen LogP contribution in [0.4, 0.5) is 13.2 Å². The molecule has 2 aromatic rings. The Morgan fingerprint density at radius 1 is 1.14 bits per heavy atom. The maximum absolute atomic E-state index is 13.7. The Balaban J connectivity index is 2.02. The Kier molecular flexibility index (Phi) is 4.04. The van der Waals surface area contributed by atoms with Gasteiger partial charge in [0.2, 0.25) is 0 Å². The number of benzene rings is 1. The first-order valence-corrected chi connectivity index (χ1v) is 9.35. The minimum Gasteiger partial charge on any atom is -0.458 e. The van der Waals surface area contributed by atoms with Crippen molar-refractivity contribution >= 4 is 5.57 Å². The largest absolute Gasteiger partial charge is 0.458 e. The zero-order valence-corrected chi connectivity index (χ0v) is 16.6. The highest BCUT2D eigenvalue weighted by atomic mass is 19.4. The van der Waals surface area contributed by atoms with Crippen molar-refractivity contribution in [2.45, 2.75) is 52.6 Å². The van der Waals surface area contributed by atoms with Crippen molar-refractivity contribution in [1.29, 1.82) is 0 Å². The van der Waals surface area contributed by atoms with Gasteiger partial charge in [0.1, 0.15) is 17.5 Å². The van der Waals surface area contributed by atoms with Crippen LogP contribution in [0.25, 0.3) is 11.3 Å². The van der Waals surface area contributed by atoms with Gasteiger partial charge >= 0.3 is 6.18 Å². The fourth-order valence-corrected chi connectivity index (χ4v) is 3.74. The van der Waals surface area contributed by atoms with Crippen LogP contribution < -0.4 is 4.74 Å². The van der Waals surface area contributed by atoms with Crippen LogP contribution in [0.2, 0.25) is 0 Å². The summed E-state index contributed by atoms with van der Waals surface area (Å²) in [5.74, 6) is -0.820. The summed E-state index contributed by atoms with van der Waals surface area (Å²) < 4.78 is 49.1. The number of halogens is 3. The first kappa shape index (κ1) is 18.8. The molecular formula is C22H23F3N2O. The SMILES string of the molecule is Cc1nc2n(c1C)-c1cc(C(C)(C)C)ccc1OC1=C2C=CCC1C(F)(F)F. The van der Waals surface area contributed by atoms with Crippen LogP contribution >= 0.6 is 0 Å². The van der Waals surface area contributed by atoms with E-state index in [0.717, 1.165) is 22.6 Å². The van der Waals surface area contributed by atoms with Crippen molar-refractivity contribution in [3.05, 3.63) is 58.9 Å². The Morgan fingerprint density at radius 2 is 1.86 bits per heavy atom. The van der Waals surface area contributed by atoms with E-state index in [4.69, 9.17) is 4.74 Å². The van der Waals surface area contributed by atoms with E-state index in [1.807, 2.05) is 30.5 Å². The van der Waals surface area contributed by atoms with Crippen molar-refractivity contribution in [2.24, 2.45) is 5.92 Å². The fourth-order valence-electron chi connectivity index (χ4n) is 3.74. The number of ether oxygens (including phenoxy) is 1. The average Bonchev–Trinajstić information content (AvgIpc) is 2.80. The molecule has 148 valence electrons. The quantitative estimate of drug-likeness (QED) is 0.551.